The summed E-state index contributed by atoms with van der Waals surface area (Å²) in [5.74, 6) is 0.286. The first-order chi connectivity index (χ1) is 16.7. The number of benzene rings is 4. The van der Waals surface area contributed by atoms with Gasteiger partial charge in [-0.3, -0.25) is 0 Å². The second-order valence-corrected chi connectivity index (χ2v) is 8.63. The number of nitrogens with one attached hydrogen (secondary N) is 1. The maximum Gasteiger partial charge on any atom is 0.0481 e. The summed E-state index contributed by atoms with van der Waals surface area (Å²) in [7, 11) is 2.00. The van der Waals surface area contributed by atoms with Crippen molar-refractivity contribution in [3.63, 3.8) is 0 Å². The Hall–Kier alpha value is -3.78. The fourth-order valence-corrected chi connectivity index (χ4v) is 4.45. The number of hydrogen-bond donors (Lipinski definition) is 1. The number of para-hydroxylation sites is 1. The van der Waals surface area contributed by atoms with Gasteiger partial charge >= 0.3 is 0 Å². The van der Waals surface area contributed by atoms with Gasteiger partial charge in [0.2, 0.25) is 0 Å². The van der Waals surface area contributed by atoms with Crippen LogP contribution in [0.2, 0.25) is 0 Å². The second kappa shape index (κ2) is 11.4. The number of anilines is 2. The Kier molecular flexibility index (Phi) is 7.83. The van der Waals surface area contributed by atoms with E-state index < -0.39 is 0 Å². The number of rotatable bonds is 9. The third kappa shape index (κ3) is 5.58. The van der Waals surface area contributed by atoms with E-state index in [1.165, 1.54) is 39.3 Å². The fourth-order valence-electron chi connectivity index (χ4n) is 4.45. The van der Waals surface area contributed by atoms with Crippen LogP contribution < -0.4 is 10.2 Å². The van der Waals surface area contributed by atoms with Gasteiger partial charge in [0, 0.05) is 36.6 Å². The fraction of sp³-hybridized carbons (Fsp3) is 0.188. The summed E-state index contributed by atoms with van der Waals surface area (Å²) in [6, 6.07) is 39.0. The Labute approximate surface area is 204 Å². The van der Waals surface area contributed by atoms with Crippen molar-refractivity contribution in [2.75, 3.05) is 11.9 Å². The van der Waals surface area contributed by atoms with Crippen molar-refractivity contribution in [1.82, 2.24) is 5.32 Å². The lowest BCUT2D eigenvalue weighted by Crippen LogP contribution is -2.19. The molecule has 172 valence electrons. The van der Waals surface area contributed by atoms with E-state index in [4.69, 9.17) is 0 Å². The summed E-state index contributed by atoms with van der Waals surface area (Å²) in [6.45, 7) is 5.28. The Morgan fingerprint density at radius 2 is 1.44 bits per heavy atom. The molecule has 0 saturated carbocycles. The van der Waals surface area contributed by atoms with Crippen molar-refractivity contribution in [3.8, 4) is 11.1 Å². The molecule has 0 amide bonds. The largest absolute Gasteiger partial charge is 0.392 e. The Balaban J connectivity index is 1.81. The predicted molar refractivity (Wildman–Crippen MR) is 146 cm³/mol. The van der Waals surface area contributed by atoms with Gasteiger partial charge in [-0.05, 0) is 46.9 Å². The Morgan fingerprint density at radius 3 is 2.15 bits per heavy atom. The van der Waals surface area contributed by atoms with E-state index >= 15 is 0 Å². The van der Waals surface area contributed by atoms with Gasteiger partial charge in [0.1, 0.15) is 0 Å². The maximum atomic E-state index is 3.35. The zero-order chi connectivity index (χ0) is 23.8. The van der Waals surface area contributed by atoms with Crippen LogP contribution in [-0.4, -0.2) is 7.05 Å². The van der Waals surface area contributed by atoms with Crippen LogP contribution in [0.4, 0.5) is 11.4 Å². The molecule has 0 fully saturated rings. The average molecular weight is 447 g/mol. The highest BCUT2D eigenvalue weighted by Gasteiger charge is 2.17. The first-order valence-electron chi connectivity index (χ1n) is 12.1. The van der Waals surface area contributed by atoms with Gasteiger partial charge in [0.15, 0.2) is 0 Å². The molecule has 0 spiro atoms. The highest BCUT2D eigenvalue weighted by atomic mass is 15.1. The molecule has 1 unspecified atom stereocenters. The SMILES string of the molecule is CC/C(=C\C(C)c1ccccc1N(Cc1ccccc1)c1cccc(-c2ccccc2)c1)NC. The molecule has 0 saturated heterocycles. The van der Waals surface area contributed by atoms with Crippen LogP contribution in [0, 0.1) is 0 Å². The zero-order valence-corrected chi connectivity index (χ0v) is 20.4. The van der Waals surface area contributed by atoms with E-state index in [1.54, 1.807) is 0 Å². The van der Waals surface area contributed by atoms with Crippen LogP contribution in [0.5, 0.6) is 0 Å². The quantitative estimate of drug-likeness (QED) is 0.278. The maximum absolute atomic E-state index is 3.35. The summed E-state index contributed by atoms with van der Waals surface area (Å²) >= 11 is 0. The van der Waals surface area contributed by atoms with Crippen molar-refractivity contribution in [3.05, 3.63) is 132 Å². The Bertz CT molecular complexity index is 1210. The molecule has 0 aromatic heterocycles. The van der Waals surface area contributed by atoms with Gasteiger partial charge in [-0.15, -0.1) is 0 Å². The van der Waals surface area contributed by atoms with Gasteiger partial charge < -0.3 is 10.2 Å². The average Bonchev–Trinajstić information content (AvgIpc) is 2.91. The minimum absolute atomic E-state index is 0.286. The summed E-state index contributed by atoms with van der Waals surface area (Å²) in [5, 5.41) is 3.35. The lowest BCUT2D eigenvalue weighted by Gasteiger charge is -2.29. The molecule has 0 aliphatic heterocycles. The highest BCUT2D eigenvalue weighted by Crippen LogP contribution is 2.36. The minimum atomic E-state index is 0.286. The summed E-state index contributed by atoms with van der Waals surface area (Å²) in [6.07, 6.45) is 3.34. The van der Waals surface area contributed by atoms with Gasteiger partial charge in [0.25, 0.3) is 0 Å². The van der Waals surface area contributed by atoms with Gasteiger partial charge in [-0.2, -0.15) is 0 Å². The minimum Gasteiger partial charge on any atom is -0.392 e. The smallest absolute Gasteiger partial charge is 0.0481 e. The van der Waals surface area contributed by atoms with E-state index in [0.29, 0.717) is 0 Å². The molecule has 0 radical (unpaired) electrons. The first kappa shape index (κ1) is 23.4. The summed E-state index contributed by atoms with van der Waals surface area (Å²) in [4.78, 5) is 2.45. The molecule has 1 atom stereocenters. The Morgan fingerprint density at radius 1 is 0.794 bits per heavy atom. The van der Waals surface area contributed by atoms with Crippen LogP contribution >= 0.6 is 0 Å². The summed E-state index contributed by atoms with van der Waals surface area (Å²) in [5.41, 5.74) is 8.77. The number of allylic oxidation sites excluding steroid dienone is 2. The highest BCUT2D eigenvalue weighted by molar-refractivity contribution is 5.74. The van der Waals surface area contributed by atoms with Crippen molar-refractivity contribution in [1.29, 1.82) is 0 Å². The lowest BCUT2D eigenvalue weighted by molar-refractivity contribution is 0.845. The molecular weight excluding hydrogens is 412 g/mol. The standard InChI is InChI=1S/C32H34N2/c1-4-29(33-3)22-25(2)31-20-11-12-21-32(31)34(24-26-14-7-5-8-15-26)30-19-13-18-28(23-30)27-16-9-6-10-17-27/h5-23,25,33H,4,24H2,1-3H3/b29-22+. The molecule has 1 N–H and O–H groups in total. The van der Waals surface area contributed by atoms with Crippen LogP contribution in [0.25, 0.3) is 11.1 Å². The van der Waals surface area contributed by atoms with Crippen molar-refractivity contribution < 1.29 is 0 Å². The number of nitrogens with zero attached hydrogens (tertiary/aromatic N) is 1. The molecule has 0 aliphatic rings. The molecule has 4 aromatic rings. The van der Waals surface area contributed by atoms with Crippen LogP contribution in [-0.2, 0) is 6.54 Å². The topological polar surface area (TPSA) is 15.3 Å². The molecule has 0 heterocycles. The third-order valence-corrected chi connectivity index (χ3v) is 6.32. The van der Waals surface area contributed by atoms with E-state index in [0.717, 1.165) is 13.0 Å². The van der Waals surface area contributed by atoms with Crippen molar-refractivity contribution in [2.45, 2.75) is 32.7 Å². The molecule has 4 rings (SSSR count). The number of hydrogen-bond acceptors (Lipinski definition) is 2. The van der Waals surface area contributed by atoms with Crippen LogP contribution in [0.1, 0.15) is 37.3 Å². The molecule has 4 aromatic carbocycles. The van der Waals surface area contributed by atoms with Crippen LogP contribution in [0.15, 0.2) is 121 Å². The van der Waals surface area contributed by atoms with E-state index in [2.05, 4.69) is 139 Å². The van der Waals surface area contributed by atoms with Gasteiger partial charge in [0.05, 0.1) is 0 Å². The van der Waals surface area contributed by atoms with Crippen molar-refractivity contribution in [2.24, 2.45) is 0 Å². The molecule has 2 heteroatoms. The van der Waals surface area contributed by atoms with E-state index in [9.17, 15) is 0 Å². The lowest BCUT2D eigenvalue weighted by atomic mass is 9.96. The normalized spacial score (nSPS) is 12.3. The second-order valence-electron chi connectivity index (χ2n) is 8.63. The first-order valence-corrected chi connectivity index (χ1v) is 12.1. The summed E-state index contributed by atoms with van der Waals surface area (Å²) < 4.78 is 0. The third-order valence-electron chi connectivity index (χ3n) is 6.32. The van der Waals surface area contributed by atoms with Crippen molar-refractivity contribution >= 4 is 11.4 Å². The van der Waals surface area contributed by atoms with E-state index in [-0.39, 0.29) is 5.92 Å². The molecule has 0 aliphatic carbocycles. The van der Waals surface area contributed by atoms with Gasteiger partial charge in [-0.25, -0.2) is 0 Å². The monoisotopic (exact) mass is 446 g/mol. The molecule has 34 heavy (non-hydrogen) atoms. The van der Waals surface area contributed by atoms with Gasteiger partial charge in [-0.1, -0.05) is 111 Å². The predicted octanol–water partition coefficient (Wildman–Crippen LogP) is 8.31. The van der Waals surface area contributed by atoms with E-state index in [1.807, 2.05) is 7.05 Å². The molecule has 2 nitrogen and oxygen atoms in total. The molecule has 0 bridgehead atoms. The zero-order valence-electron chi connectivity index (χ0n) is 20.4. The van der Waals surface area contributed by atoms with Crippen LogP contribution in [0.3, 0.4) is 0 Å². The molecular formula is C32H34N2.